The molecule has 2 atom stereocenters. The second kappa shape index (κ2) is 5.93. The molecule has 1 aromatic rings. The number of anilines is 1. The minimum Gasteiger partial charge on any atom is -0.496 e. The molecule has 19 heavy (non-hydrogen) atoms. The van der Waals surface area contributed by atoms with Crippen LogP contribution in [-0.2, 0) is 4.74 Å². The molecule has 1 heterocycles. The van der Waals surface area contributed by atoms with Crippen LogP contribution in [0.25, 0.3) is 0 Å². The number of nitrogens with two attached hydrogens (primary N) is 1. The molecule has 2 rings (SSSR count). The van der Waals surface area contributed by atoms with Gasteiger partial charge in [0.1, 0.15) is 11.3 Å². The van der Waals surface area contributed by atoms with Crippen LogP contribution < -0.4 is 15.8 Å². The maximum absolute atomic E-state index is 12.2. The molecule has 0 aliphatic carbocycles. The minimum absolute atomic E-state index is 0.190. The standard InChI is InChI=1S/C14H20N2O3/c1-9-10(6-7-19-9)8-16-14(17)13-11(15)4-3-5-12(13)18-2/h3-5,9-10H,6-8,15H2,1-2H3,(H,16,17). The molecule has 1 saturated heterocycles. The van der Waals surface area contributed by atoms with E-state index >= 15 is 0 Å². The van der Waals surface area contributed by atoms with E-state index in [0.717, 1.165) is 13.0 Å². The maximum Gasteiger partial charge on any atom is 0.257 e. The molecule has 0 aromatic heterocycles. The lowest BCUT2D eigenvalue weighted by atomic mass is 10.0. The van der Waals surface area contributed by atoms with Gasteiger partial charge in [0.15, 0.2) is 0 Å². The Kier molecular flexibility index (Phi) is 4.27. The zero-order valence-corrected chi connectivity index (χ0v) is 11.3. The molecule has 0 bridgehead atoms. The number of methoxy groups -OCH3 is 1. The van der Waals surface area contributed by atoms with Crippen molar-refractivity contribution in [3.05, 3.63) is 23.8 Å². The molecule has 5 heteroatoms. The lowest BCUT2D eigenvalue weighted by molar-refractivity contribution is 0.0906. The second-order valence-corrected chi connectivity index (χ2v) is 4.76. The molecule has 0 saturated carbocycles. The van der Waals surface area contributed by atoms with Crippen LogP contribution in [-0.4, -0.2) is 32.3 Å². The van der Waals surface area contributed by atoms with Crippen LogP contribution in [0.1, 0.15) is 23.7 Å². The average Bonchev–Trinajstić information content (AvgIpc) is 2.81. The van der Waals surface area contributed by atoms with Gasteiger partial charge in [0.2, 0.25) is 0 Å². The number of hydrogen-bond acceptors (Lipinski definition) is 4. The van der Waals surface area contributed by atoms with Gasteiger partial charge in [0.25, 0.3) is 5.91 Å². The van der Waals surface area contributed by atoms with Gasteiger partial charge in [-0.05, 0) is 25.5 Å². The summed E-state index contributed by atoms with van der Waals surface area (Å²) in [5.74, 6) is 0.655. The third-order valence-corrected chi connectivity index (χ3v) is 3.56. The van der Waals surface area contributed by atoms with Crippen molar-refractivity contribution in [2.75, 3.05) is 26.0 Å². The van der Waals surface area contributed by atoms with Crippen molar-refractivity contribution in [3.8, 4) is 5.75 Å². The highest BCUT2D eigenvalue weighted by Gasteiger charge is 2.25. The van der Waals surface area contributed by atoms with E-state index in [1.165, 1.54) is 7.11 Å². The van der Waals surface area contributed by atoms with Crippen LogP contribution in [0.4, 0.5) is 5.69 Å². The van der Waals surface area contributed by atoms with Crippen LogP contribution in [0.3, 0.4) is 0 Å². The number of carbonyl (C=O) groups excluding carboxylic acids is 1. The molecule has 1 aliphatic rings. The zero-order valence-electron chi connectivity index (χ0n) is 11.3. The van der Waals surface area contributed by atoms with Crippen LogP contribution in [0, 0.1) is 5.92 Å². The average molecular weight is 264 g/mol. The third kappa shape index (κ3) is 2.98. The molecule has 5 nitrogen and oxygen atoms in total. The van der Waals surface area contributed by atoms with Gasteiger partial charge in [-0.2, -0.15) is 0 Å². The van der Waals surface area contributed by atoms with Crippen molar-refractivity contribution in [1.29, 1.82) is 0 Å². The van der Waals surface area contributed by atoms with Crippen molar-refractivity contribution in [2.24, 2.45) is 5.92 Å². The number of amides is 1. The van der Waals surface area contributed by atoms with Crippen molar-refractivity contribution >= 4 is 11.6 Å². The topological polar surface area (TPSA) is 73.6 Å². The number of benzene rings is 1. The Morgan fingerprint density at radius 1 is 1.58 bits per heavy atom. The summed E-state index contributed by atoms with van der Waals surface area (Å²) in [5, 5.41) is 2.91. The van der Waals surface area contributed by atoms with E-state index in [-0.39, 0.29) is 12.0 Å². The predicted octanol–water partition coefficient (Wildman–Crippen LogP) is 1.43. The minimum atomic E-state index is -0.200. The summed E-state index contributed by atoms with van der Waals surface area (Å²) < 4.78 is 10.6. The number of nitrogens with one attached hydrogen (secondary N) is 1. The number of rotatable bonds is 4. The molecule has 1 amide bonds. The molecule has 1 aromatic carbocycles. The van der Waals surface area contributed by atoms with Crippen LogP contribution in [0.2, 0.25) is 0 Å². The number of carbonyl (C=O) groups is 1. The first-order valence-corrected chi connectivity index (χ1v) is 6.45. The van der Waals surface area contributed by atoms with E-state index < -0.39 is 0 Å². The maximum atomic E-state index is 12.2. The highest BCUT2D eigenvalue weighted by atomic mass is 16.5. The molecule has 1 fully saturated rings. The highest BCUT2D eigenvalue weighted by molar-refractivity contribution is 6.01. The Morgan fingerprint density at radius 2 is 2.37 bits per heavy atom. The Balaban J connectivity index is 2.03. The van der Waals surface area contributed by atoms with Crippen molar-refractivity contribution < 1.29 is 14.3 Å². The van der Waals surface area contributed by atoms with Gasteiger partial charge in [-0.3, -0.25) is 4.79 Å². The fraction of sp³-hybridized carbons (Fsp3) is 0.500. The van der Waals surface area contributed by atoms with E-state index in [1.807, 2.05) is 6.92 Å². The molecule has 1 aliphatic heterocycles. The largest absolute Gasteiger partial charge is 0.496 e. The zero-order chi connectivity index (χ0) is 13.8. The number of hydrogen-bond donors (Lipinski definition) is 2. The van der Waals surface area contributed by atoms with Crippen molar-refractivity contribution in [1.82, 2.24) is 5.32 Å². The van der Waals surface area contributed by atoms with Gasteiger partial charge in [0.05, 0.1) is 13.2 Å². The first-order valence-electron chi connectivity index (χ1n) is 6.45. The summed E-state index contributed by atoms with van der Waals surface area (Å²) in [7, 11) is 1.53. The van der Waals surface area contributed by atoms with Gasteiger partial charge < -0.3 is 20.5 Å². The molecule has 0 radical (unpaired) electrons. The summed E-state index contributed by atoms with van der Waals surface area (Å²) in [4.78, 5) is 12.2. The SMILES string of the molecule is COc1cccc(N)c1C(=O)NCC1CCOC1C. The van der Waals surface area contributed by atoms with E-state index in [4.69, 9.17) is 15.2 Å². The van der Waals surface area contributed by atoms with E-state index in [0.29, 0.717) is 29.5 Å². The fourth-order valence-electron chi connectivity index (χ4n) is 2.32. The van der Waals surface area contributed by atoms with Crippen LogP contribution in [0.15, 0.2) is 18.2 Å². The smallest absolute Gasteiger partial charge is 0.257 e. The molecule has 2 unspecified atom stereocenters. The Bertz CT molecular complexity index is 462. The Labute approximate surface area is 113 Å². The normalized spacial score (nSPS) is 22.2. The van der Waals surface area contributed by atoms with Crippen molar-refractivity contribution in [2.45, 2.75) is 19.4 Å². The van der Waals surface area contributed by atoms with Gasteiger partial charge in [0, 0.05) is 24.8 Å². The quantitative estimate of drug-likeness (QED) is 0.807. The van der Waals surface area contributed by atoms with Crippen molar-refractivity contribution in [3.63, 3.8) is 0 Å². The van der Waals surface area contributed by atoms with Crippen LogP contribution in [0.5, 0.6) is 5.75 Å². The summed E-state index contributed by atoms with van der Waals surface area (Å²) in [6.07, 6.45) is 1.17. The first-order chi connectivity index (χ1) is 9.13. The summed E-state index contributed by atoms with van der Waals surface area (Å²) in [6.45, 7) is 3.39. The third-order valence-electron chi connectivity index (χ3n) is 3.56. The second-order valence-electron chi connectivity index (χ2n) is 4.76. The molecule has 0 spiro atoms. The summed E-state index contributed by atoms with van der Waals surface area (Å²) >= 11 is 0. The van der Waals surface area contributed by atoms with Gasteiger partial charge in [-0.15, -0.1) is 0 Å². The van der Waals surface area contributed by atoms with E-state index in [9.17, 15) is 4.79 Å². The van der Waals surface area contributed by atoms with E-state index in [1.54, 1.807) is 18.2 Å². The summed E-state index contributed by atoms with van der Waals surface area (Å²) in [6, 6.07) is 5.18. The predicted molar refractivity (Wildman–Crippen MR) is 73.3 cm³/mol. The number of ether oxygens (including phenoxy) is 2. The van der Waals surface area contributed by atoms with Gasteiger partial charge in [-0.25, -0.2) is 0 Å². The Hall–Kier alpha value is -1.75. The van der Waals surface area contributed by atoms with Crippen LogP contribution >= 0.6 is 0 Å². The highest BCUT2D eigenvalue weighted by Crippen LogP contribution is 2.24. The molecular weight excluding hydrogens is 244 g/mol. The fourth-order valence-corrected chi connectivity index (χ4v) is 2.32. The van der Waals surface area contributed by atoms with Gasteiger partial charge in [-0.1, -0.05) is 6.07 Å². The summed E-state index contributed by atoms with van der Waals surface area (Å²) in [5.41, 5.74) is 6.67. The molecular formula is C14H20N2O3. The molecule has 3 N–H and O–H groups in total. The Morgan fingerprint density at radius 3 is 3.00 bits per heavy atom. The monoisotopic (exact) mass is 264 g/mol. The lowest BCUT2D eigenvalue weighted by Crippen LogP contribution is -2.32. The molecule has 104 valence electrons. The number of nitrogen functional groups attached to an aromatic ring is 1. The lowest BCUT2D eigenvalue weighted by Gasteiger charge is -2.16. The van der Waals surface area contributed by atoms with Gasteiger partial charge >= 0.3 is 0 Å². The first kappa shape index (κ1) is 13.7. The van der Waals surface area contributed by atoms with E-state index in [2.05, 4.69) is 5.32 Å².